The van der Waals surface area contributed by atoms with Gasteiger partial charge in [0.05, 0.1) is 42.8 Å². The second kappa shape index (κ2) is 36.1. The number of likely N-dealkylation sites (N-methyl/N-ethyl adjacent to an activating group) is 1. The van der Waals surface area contributed by atoms with Gasteiger partial charge in [-0.3, -0.25) is 77.7 Å². The summed E-state index contributed by atoms with van der Waals surface area (Å²) in [6, 6.07) is 18.4. The summed E-state index contributed by atoms with van der Waals surface area (Å²) in [4.78, 5) is 154. The van der Waals surface area contributed by atoms with E-state index in [-0.39, 0.29) is 153 Å². The Balaban J connectivity index is 1.11. The third-order valence-corrected chi connectivity index (χ3v) is 16.2. The molecule has 2 saturated heterocycles. The van der Waals surface area contributed by atoms with Crippen molar-refractivity contribution in [3.8, 4) is 5.75 Å². The zero-order valence-corrected chi connectivity index (χ0v) is 53.1. The average Bonchev–Trinajstić information content (AvgIpc) is 1.13. The van der Waals surface area contributed by atoms with Crippen LogP contribution in [-0.4, -0.2) is 252 Å². The molecule has 4 atom stereocenters. The van der Waals surface area contributed by atoms with Crippen molar-refractivity contribution in [2.45, 2.75) is 62.7 Å². The maximum absolute atomic E-state index is 14.7. The third kappa shape index (κ3) is 24.3. The molecule has 4 aromatic carbocycles. The molecule has 30 nitrogen and oxygen atoms in total. The first-order valence-electron chi connectivity index (χ1n) is 29.9. The lowest BCUT2D eigenvalue weighted by Gasteiger charge is -2.32. The zero-order chi connectivity index (χ0) is 66.9. The molecular weight excluding hydrogens is 1310 g/mol. The lowest BCUT2D eigenvalue weighted by molar-refractivity contribution is -0.142. The number of fused-ring (bicyclic) bond motifs is 1. The van der Waals surface area contributed by atoms with Gasteiger partial charge in [-0.25, -0.2) is 0 Å². The van der Waals surface area contributed by atoms with Gasteiger partial charge < -0.3 is 73.6 Å². The molecular formula is C61H80IN15O15. The number of anilines is 1. The largest absolute Gasteiger partial charge is 0.507 e. The highest BCUT2D eigenvalue weighted by Gasteiger charge is 2.36. The minimum Gasteiger partial charge on any atom is -0.507 e. The molecule has 0 aliphatic carbocycles. The molecule has 2 aliphatic rings. The average molecular weight is 1390 g/mol. The number of aromatic hydroxyl groups is 1. The lowest BCUT2D eigenvalue weighted by atomic mass is 10.00. The fourth-order valence-electron chi connectivity index (χ4n) is 10.4. The molecule has 8 amide bonds. The second-order valence-corrected chi connectivity index (χ2v) is 23.5. The van der Waals surface area contributed by atoms with Crippen molar-refractivity contribution >= 4 is 110 Å². The van der Waals surface area contributed by atoms with Gasteiger partial charge in [-0.1, -0.05) is 48.5 Å². The maximum Gasteiger partial charge on any atom is 0.317 e. The van der Waals surface area contributed by atoms with Crippen molar-refractivity contribution in [1.29, 1.82) is 5.41 Å². The number of hydrogen-bond acceptors (Lipinski definition) is 17. The number of nitrogens with two attached hydrogens (primary N) is 1. The predicted octanol–water partition coefficient (Wildman–Crippen LogP) is -1.65. The summed E-state index contributed by atoms with van der Waals surface area (Å²) in [5, 5.41) is 69.8. The Morgan fingerprint density at radius 2 is 1.13 bits per heavy atom. The molecule has 92 heavy (non-hydrogen) atoms. The van der Waals surface area contributed by atoms with Crippen molar-refractivity contribution in [3.63, 3.8) is 0 Å². The molecule has 2 fully saturated rings. The van der Waals surface area contributed by atoms with E-state index >= 15 is 0 Å². The summed E-state index contributed by atoms with van der Waals surface area (Å²) in [5.74, 6) is -8.98. The van der Waals surface area contributed by atoms with Crippen LogP contribution in [0.15, 0.2) is 84.9 Å². The number of aliphatic carboxylic acids is 3. The second-order valence-electron chi connectivity index (χ2n) is 22.4. The van der Waals surface area contributed by atoms with Gasteiger partial charge >= 0.3 is 17.9 Å². The number of halogens is 1. The molecule has 0 bridgehead atoms. The van der Waals surface area contributed by atoms with Crippen LogP contribution in [0.2, 0.25) is 0 Å². The van der Waals surface area contributed by atoms with E-state index in [0.29, 0.717) is 14.7 Å². The van der Waals surface area contributed by atoms with E-state index in [0.717, 1.165) is 15.7 Å². The van der Waals surface area contributed by atoms with Gasteiger partial charge in [-0.15, -0.1) is 0 Å². The van der Waals surface area contributed by atoms with Crippen LogP contribution < -0.4 is 48.3 Å². The summed E-state index contributed by atoms with van der Waals surface area (Å²) in [6.45, 7) is -0.560. The topological polar surface area (TPSA) is 431 Å². The molecule has 31 heteroatoms. The van der Waals surface area contributed by atoms with E-state index < -0.39 is 102 Å². The van der Waals surface area contributed by atoms with Crippen LogP contribution in [0.1, 0.15) is 47.2 Å². The Labute approximate surface area is 544 Å². The molecule has 0 unspecified atom stereocenters. The van der Waals surface area contributed by atoms with E-state index in [1.807, 2.05) is 65.1 Å². The van der Waals surface area contributed by atoms with Gasteiger partial charge in [0, 0.05) is 96.6 Å². The number of nitrogens with one attached hydrogen (secondary N) is 9. The smallest absolute Gasteiger partial charge is 0.317 e. The Hall–Kier alpha value is -9.05. The first-order valence-corrected chi connectivity index (χ1v) is 30.9. The van der Waals surface area contributed by atoms with E-state index in [2.05, 4.69) is 42.5 Å². The molecule has 15 N–H and O–H groups in total. The number of carbonyl (C=O) groups excluding carboxylic acids is 8. The van der Waals surface area contributed by atoms with Gasteiger partial charge in [0.15, 0.2) is 5.96 Å². The van der Waals surface area contributed by atoms with Crippen molar-refractivity contribution in [1.82, 2.24) is 61.7 Å². The number of guanidine groups is 1. The van der Waals surface area contributed by atoms with Crippen LogP contribution in [0.5, 0.6) is 5.75 Å². The number of phenolic OH excluding ortho intramolecular Hbond substituents is 1. The van der Waals surface area contributed by atoms with E-state index in [9.17, 15) is 73.2 Å². The summed E-state index contributed by atoms with van der Waals surface area (Å²) in [5.41, 5.74) is 7.22. The number of phenols is 1. The summed E-state index contributed by atoms with van der Waals surface area (Å²) >= 11 is 1.92. The normalized spacial score (nSPS) is 19.1. The molecule has 4 aromatic rings. The molecule has 0 saturated carbocycles. The molecule has 0 aromatic heterocycles. The van der Waals surface area contributed by atoms with Gasteiger partial charge in [-0.2, -0.15) is 0 Å². The number of rotatable bonds is 24. The van der Waals surface area contributed by atoms with Crippen LogP contribution >= 0.6 is 22.6 Å². The van der Waals surface area contributed by atoms with Crippen molar-refractivity contribution in [2.75, 3.05) is 117 Å². The van der Waals surface area contributed by atoms with Crippen LogP contribution in [-0.2, 0) is 60.8 Å². The monoisotopic (exact) mass is 1390 g/mol. The maximum atomic E-state index is 14.7. The van der Waals surface area contributed by atoms with Crippen LogP contribution in [0.25, 0.3) is 10.8 Å². The first-order chi connectivity index (χ1) is 43.9. The SMILES string of the molecule is CN1C(=O)[C@@H](Cc2ccc(O)c(I)c2)NC(=O)CNC(=O)[C@H](Cc2ccc3ccccc3c2)NC(=O)[C@H](CCCNC(=N)N)NC(=O)[C@H]1CCCNC(=O)c1ccc(NC(=O)CNC(=O)CN2CCN(CC(=O)O)CCN(CC(=O)O)CCN(CC(=O)O)CC2)cc1. The Morgan fingerprint density at radius 1 is 0.598 bits per heavy atom. The minimum atomic E-state index is -1.31. The van der Waals surface area contributed by atoms with Crippen molar-refractivity contribution in [3.05, 3.63) is 105 Å². The van der Waals surface area contributed by atoms with Gasteiger partial charge in [0.2, 0.25) is 41.4 Å². The van der Waals surface area contributed by atoms with Crippen LogP contribution in [0, 0.1) is 8.98 Å². The van der Waals surface area contributed by atoms with E-state index in [4.69, 9.17) is 11.1 Å². The summed E-state index contributed by atoms with van der Waals surface area (Å²) < 4.78 is 0.468. The fraction of sp³-hybridized carbons (Fsp3) is 0.443. The lowest BCUT2D eigenvalue weighted by Crippen LogP contribution is -2.58. The highest BCUT2D eigenvalue weighted by atomic mass is 127. The van der Waals surface area contributed by atoms with Crippen molar-refractivity contribution < 1.29 is 73.2 Å². The molecule has 496 valence electrons. The molecule has 0 radical (unpaired) electrons. The Bertz CT molecular complexity index is 3270. The molecule has 2 aliphatic heterocycles. The fourth-order valence-corrected chi connectivity index (χ4v) is 11.0. The predicted molar refractivity (Wildman–Crippen MR) is 345 cm³/mol. The number of nitrogens with zero attached hydrogens (tertiary/aromatic N) is 5. The van der Waals surface area contributed by atoms with E-state index in [1.165, 1.54) is 37.4 Å². The summed E-state index contributed by atoms with van der Waals surface area (Å²) in [7, 11) is 1.37. The first kappa shape index (κ1) is 72.0. The third-order valence-electron chi connectivity index (χ3n) is 15.3. The van der Waals surface area contributed by atoms with Gasteiger partial charge in [0.1, 0.15) is 29.9 Å². The van der Waals surface area contributed by atoms with E-state index in [1.54, 1.807) is 31.7 Å². The molecule has 2 heterocycles. The number of amides is 8. The highest BCUT2D eigenvalue weighted by molar-refractivity contribution is 14.1. The number of carboxylic acid groups (broad SMARTS) is 3. The number of hydrogen-bond donors (Lipinski definition) is 14. The highest BCUT2D eigenvalue weighted by Crippen LogP contribution is 2.23. The summed E-state index contributed by atoms with van der Waals surface area (Å²) in [6.07, 6.45) is 0.108. The van der Waals surface area contributed by atoms with Gasteiger partial charge in [0.25, 0.3) is 5.91 Å². The Morgan fingerprint density at radius 3 is 1.72 bits per heavy atom. The number of carboxylic acids is 3. The van der Waals surface area contributed by atoms with Crippen LogP contribution in [0.4, 0.5) is 5.69 Å². The van der Waals surface area contributed by atoms with Crippen molar-refractivity contribution in [2.24, 2.45) is 5.73 Å². The zero-order valence-electron chi connectivity index (χ0n) is 50.9. The quantitative estimate of drug-likeness (QED) is 0.0162. The molecule has 6 rings (SSSR count). The number of carbonyl (C=O) groups is 11. The van der Waals surface area contributed by atoms with Crippen LogP contribution in [0.3, 0.4) is 0 Å². The minimum absolute atomic E-state index is 0.00928. The standard InChI is InChI=1S/C61H80IN15O15/c1-73-48(9-5-18-65-56(88)41-13-15-43(16-14-41)69-50(79)32-67-52(81)34-74-20-22-75(35-53(82)83)24-26-77(37-55(86)87)27-25-76(23-21-74)36-54(84)85)59(91)71-45(8-4-19-66-61(63)64)58(90)72-46(30-38-10-12-40-6-2-3-7-42(40)28-38)57(89)68-33-51(80)70-47(60(73)92)31-39-11-17-49(78)44(62)29-39/h2-3,6-7,10-17,28-29,45-48,78H,4-5,8-9,18-27,30-37H2,1H3,(H,65,88)(H,67,81)(H,68,89)(H,69,79)(H,70,80)(H,71,91)(H,72,90)(H,82,83)(H,84,85)(H,86,87)(H4,63,64,66)/t45-,46-,47+,48+/m0/s1. The van der Waals surface area contributed by atoms with Gasteiger partial charge in [-0.05, 0) is 107 Å². The molecule has 0 spiro atoms. The Kier molecular flexibility index (Phi) is 28.3. The number of benzene rings is 4.